The standard InChI is InChI=1S/C33H31F4N5O5S/c1-46-32-23(8-16(11-38-32)28-22-6-15(12-43)7-26(22)47-42-28)30(44)41-29-20-4-3-19(21(20)9-18-13-48-14-39-18)27(29)31(45)40-17-2-5-25(34)24(10-17)33(35,36)37/h2,5,8-11,13-15,19-20,22,26-27,29,43H,3-4,6-7,12H2,1H3,(H,40,45)(H,41,44)/b21-9-/t15?,19-,20+,22?,26?,27-,29+/m0/s1. The molecule has 0 saturated heterocycles. The smallest absolute Gasteiger partial charge is 0.419 e. The monoisotopic (exact) mass is 685 g/mol. The summed E-state index contributed by atoms with van der Waals surface area (Å²) in [6.45, 7) is 0.0417. The lowest BCUT2D eigenvalue weighted by Gasteiger charge is -2.30. The Balaban J connectivity index is 1.19. The number of hydrogen-bond acceptors (Lipinski definition) is 9. The number of nitrogens with one attached hydrogen (secondary N) is 2. The molecule has 7 atom stereocenters. The minimum absolute atomic E-state index is 0.0417. The number of oxime groups is 1. The van der Waals surface area contributed by atoms with Crippen LogP contribution in [0.3, 0.4) is 0 Å². The number of fused-ring (bicyclic) bond motifs is 3. The van der Waals surface area contributed by atoms with E-state index in [1.807, 2.05) is 11.5 Å². The van der Waals surface area contributed by atoms with Gasteiger partial charge in [0.15, 0.2) is 0 Å². The van der Waals surface area contributed by atoms with Crippen molar-refractivity contribution in [2.24, 2.45) is 34.7 Å². The lowest BCUT2D eigenvalue weighted by molar-refractivity contribution is -0.140. The van der Waals surface area contributed by atoms with Gasteiger partial charge in [0.05, 0.1) is 35.5 Å². The molecule has 48 heavy (non-hydrogen) atoms. The predicted octanol–water partition coefficient (Wildman–Crippen LogP) is 5.30. The molecule has 3 fully saturated rings. The summed E-state index contributed by atoms with van der Waals surface area (Å²) in [6.07, 6.45) is 0.988. The van der Waals surface area contributed by atoms with Crippen LogP contribution in [-0.2, 0) is 15.8 Å². The lowest BCUT2D eigenvalue weighted by Crippen LogP contribution is -2.48. The minimum atomic E-state index is -4.95. The van der Waals surface area contributed by atoms with Crippen molar-refractivity contribution in [1.29, 1.82) is 0 Å². The highest BCUT2D eigenvalue weighted by Gasteiger charge is 2.55. The molecule has 3 N–H and O–H groups in total. The normalized spacial score (nSPS) is 28.2. The number of nitrogens with zero attached hydrogens (tertiary/aromatic N) is 3. The number of halogens is 4. The van der Waals surface area contributed by atoms with E-state index in [0.29, 0.717) is 54.8 Å². The Kier molecular flexibility index (Phi) is 8.44. The molecule has 3 aliphatic carbocycles. The number of benzene rings is 1. The first-order valence-corrected chi connectivity index (χ1v) is 16.5. The number of aromatic nitrogens is 2. The van der Waals surface area contributed by atoms with Crippen molar-refractivity contribution in [3.63, 3.8) is 0 Å². The van der Waals surface area contributed by atoms with Crippen molar-refractivity contribution in [3.05, 3.63) is 75.1 Å². The third kappa shape index (κ3) is 5.82. The molecule has 2 aromatic heterocycles. The molecule has 0 spiro atoms. The van der Waals surface area contributed by atoms with E-state index in [9.17, 15) is 32.3 Å². The highest BCUT2D eigenvalue weighted by molar-refractivity contribution is 7.07. The van der Waals surface area contributed by atoms with Gasteiger partial charge in [-0.2, -0.15) is 13.2 Å². The first-order valence-electron chi connectivity index (χ1n) is 15.5. The number of carbonyl (C=O) groups is 2. The fourth-order valence-corrected chi connectivity index (χ4v) is 8.27. The number of carbonyl (C=O) groups excluding carboxylic acids is 2. The number of aliphatic hydroxyl groups is 1. The molecule has 0 radical (unpaired) electrons. The number of thiazole rings is 1. The van der Waals surface area contributed by atoms with E-state index in [0.717, 1.165) is 11.6 Å². The Morgan fingerprint density at radius 1 is 1.15 bits per heavy atom. The fourth-order valence-electron chi connectivity index (χ4n) is 7.76. The zero-order chi connectivity index (χ0) is 33.7. The van der Waals surface area contributed by atoms with E-state index < -0.39 is 41.3 Å². The average molecular weight is 686 g/mol. The summed E-state index contributed by atoms with van der Waals surface area (Å²) in [5.41, 5.74) is 2.91. The molecule has 1 aromatic carbocycles. The van der Waals surface area contributed by atoms with Gasteiger partial charge in [-0.1, -0.05) is 10.7 Å². The maximum atomic E-state index is 14.0. The summed E-state index contributed by atoms with van der Waals surface area (Å²) in [5, 5.41) is 21.4. The number of methoxy groups -OCH3 is 1. The summed E-state index contributed by atoms with van der Waals surface area (Å²) in [6, 6.07) is 3.19. The molecule has 2 amide bonds. The van der Waals surface area contributed by atoms with Gasteiger partial charge in [0, 0.05) is 47.3 Å². The molecule has 10 nitrogen and oxygen atoms in total. The van der Waals surface area contributed by atoms with Crippen LogP contribution < -0.4 is 15.4 Å². The van der Waals surface area contributed by atoms with E-state index in [2.05, 4.69) is 25.8 Å². The fraction of sp³-hybridized carbons (Fsp3) is 0.424. The van der Waals surface area contributed by atoms with Crippen molar-refractivity contribution >= 4 is 40.6 Å². The molecule has 3 saturated carbocycles. The van der Waals surface area contributed by atoms with Crippen LogP contribution in [0.4, 0.5) is 23.2 Å². The van der Waals surface area contributed by atoms with Gasteiger partial charge in [-0.05, 0) is 67.9 Å². The Morgan fingerprint density at radius 3 is 2.69 bits per heavy atom. The minimum Gasteiger partial charge on any atom is -0.480 e. The van der Waals surface area contributed by atoms with Gasteiger partial charge in [0.25, 0.3) is 5.91 Å². The van der Waals surface area contributed by atoms with E-state index in [4.69, 9.17) is 9.57 Å². The zero-order valence-corrected chi connectivity index (χ0v) is 26.4. The summed E-state index contributed by atoms with van der Waals surface area (Å²) < 4.78 is 59.7. The molecule has 3 aromatic rings. The third-order valence-electron chi connectivity index (χ3n) is 9.89. The van der Waals surface area contributed by atoms with Crippen molar-refractivity contribution in [3.8, 4) is 5.88 Å². The number of aliphatic hydroxyl groups excluding tert-OH is 1. The number of rotatable bonds is 8. The second-order valence-corrected chi connectivity index (χ2v) is 13.3. The lowest BCUT2D eigenvalue weighted by atomic mass is 9.83. The summed E-state index contributed by atoms with van der Waals surface area (Å²) in [4.78, 5) is 42.2. The van der Waals surface area contributed by atoms with E-state index in [-0.39, 0.29) is 53.5 Å². The first kappa shape index (κ1) is 32.2. The van der Waals surface area contributed by atoms with Crippen LogP contribution in [0.15, 0.2) is 52.1 Å². The van der Waals surface area contributed by atoms with E-state index in [1.54, 1.807) is 17.8 Å². The molecular weight excluding hydrogens is 654 g/mol. The number of amides is 2. The van der Waals surface area contributed by atoms with Gasteiger partial charge in [-0.15, -0.1) is 11.3 Å². The molecule has 2 bridgehead atoms. The number of alkyl halides is 3. The van der Waals surface area contributed by atoms with Crippen molar-refractivity contribution in [1.82, 2.24) is 15.3 Å². The quantitative estimate of drug-likeness (QED) is 0.274. The first-order chi connectivity index (χ1) is 23.0. The molecule has 4 aliphatic rings. The number of ether oxygens (including phenoxy) is 1. The Morgan fingerprint density at radius 2 is 1.96 bits per heavy atom. The van der Waals surface area contributed by atoms with Crippen LogP contribution in [0.2, 0.25) is 0 Å². The van der Waals surface area contributed by atoms with E-state index >= 15 is 0 Å². The Bertz CT molecular complexity index is 1800. The van der Waals surface area contributed by atoms with Crippen molar-refractivity contribution in [2.45, 2.75) is 44.0 Å². The maximum Gasteiger partial charge on any atom is 0.419 e. The SMILES string of the molecule is COc1ncc(C2=NOC3CC(CO)CC23)cc1C(=O)N[C@H]1[C@@H](C(=O)Nc2ccc(F)c(C(F)(F)F)c2)[C@H]2CC[C@@H]1/C2=C\c1cscn1. The van der Waals surface area contributed by atoms with Crippen LogP contribution in [-0.4, -0.2) is 58.5 Å². The molecule has 1 aliphatic heterocycles. The Labute approximate surface area is 276 Å². The van der Waals surface area contributed by atoms with Crippen LogP contribution in [0, 0.1) is 35.4 Å². The van der Waals surface area contributed by atoms with Gasteiger partial charge in [-0.25, -0.2) is 14.4 Å². The van der Waals surface area contributed by atoms with Gasteiger partial charge in [0.2, 0.25) is 11.8 Å². The molecule has 15 heteroatoms. The van der Waals surface area contributed by atoms with Crippen molar-refractivity contribution in [2.75, 3.05) is 19.0 Å². The summed E-state index contributed by atoms with van der Waals surface area (Å²) in [7, 11) is 1.38. The molecule has 7 rings (SSSR count). The molecule has 3 unspecified atom stereocenters. The zero-order valence-electron chi connectivity index (χ0n) is 25.5. The Hall–Kier alpha value is -4.37. The second kappa shape index (κ2) is 12.6. The van der Waals surface area contributed by atoms with Gasteiger partial charge < -0.3 is 25.3 Å². The van der Waals surface area contributed by atoms with Gasteiger partial charge >= 0.3 is 6.18 Å². The molecule has 252 valence electrons. The van der Waals surface area contributed by atoms with Crippen LogP contribution >= 0.6 is 11.3 Å². The third-order valence-corrected chi connectivity index (χ3v) is 10.5. The predicted molar refractivity (Wildman–Crippen MR) is 167 cm³/mol. The largest absolute Gasteiger partial charge is 0.480 e. The second-order valence-electron chi connectivity index (χ2n) is 12.6. The van der Waals surface area contributed by atoms with Gasteiger partial charge in [0.1, 0.15) is 17.5 Å². The topological polar surface area (TPSA) is 135 Å². The van der Waals surface area contributed by atoms with E-state index in [1.165, 1.54) is 18.4 Å². The molecule has 3 heterocycles. The van der Waals surface area contributed by atoms with Crippen molar-refractivity contribution < 1.29 is 41.8 Å². The highest BCUT2D eigenvalue weighted by Crippen LogP contribution is 2.53. The van der Waals surface area contributed by atoms with Crippen LogP contribution in [0.1, 0.15) is 52.9 Å². The average Bonchev–Trinajstić information content (AvgIpc) is 3.90. The maximum absolute atomic E-state index is 14.0. The number of hydrogen-bond donors (Lipinski definition) is 3. The van der Waals surface area contributed by atoms with Crippen LogP contribution in [0.25, 0.3) is 6.08 Å². The highest BCUT2D eigenvalue weighted by atomic mass is 32.1. The number of pyridine rings is 1. The van der Waals surface area contributed by atoms with Gasteiger partial charge in [-0.3, -0.25) is 9.59 Å². The molecular formula is C33H31F4N5O5S. The number of anilines is 1. The summed E-state index contributed by atoms with van der Waals surface area (Å²) >= 11 is 1.41. The van der Waals surface area contributed by atoms with Crippen LogP contribution in [0.5, 0.6) is 5.88 Å². The summed E-state index contributed by atoms with van der Waals surface area (Å²) in [5.74, 6) is -3.94.